The average Bonchev–Trinajstić information content (AvgIpc) is 2.08. The lowest BCUT2D eigenvalue weighted by atomic mass is 9.77. The first-order valence-corrected chi connectivity index (χ1v) is 4.87. The number of carboxylic acids is 1. The number of hydrogen-bond acceptors (Lipinski definition) is 4. The largest absolute Gasteiger partial charge is 0.480 e. The van der Waals surface area contributed by atoms with Crippen LogP contribution in [0.4, 0.5) is 0 Å². The molecule has 1 rings (SSSR count). The Morgan fingerprint density at radius 3 is 2.27 bits per heavy atom. The van der Waals surface area contributed by atoms with Gasteiger partial charge in [-0.15, -0.1) is 0 Å². The first-order chi connectivity index (χ1) is 6.87. The van der Waals surface area contributed by atoms with Crippen LogP contribution in [0, 0.1) is 0 Å². The Bertz CT molecular complexity index is 273. The monoisotopic (exact) mass is 216 g/mol. The summed E-state index contributed by atoms with van der Waals surface area (Å²) < 4.78 is 0. The highest BCUT2D eigenvalue weighted by Crippen LogP contribution is 2.29. The Hall–Kier alpha value is -1.14. The number of aliphatic carboxylic acids is 1. The summed E-state index contributed by atoms with van der Waals surface area (Å²) in [5, 5.41) is 20.1. The maximum atomic E-state index is 11.6. The summed E-state index contributed by atoms with van der Waals surface area (Å²) in [6.07, 6.45) is 0.849. The maximum Gasteiger partial charge on any atom is 0.328 e. The fraction of sp³-hybridized carbons (Fsp3) is 0.778. The number of nitrogens with one attached hydrogen (secondary N) is 1. The van der Waals surface area contributed by atoms with Gasteiger partial charge in [-0.3, -0.25) is 4.79 Å². The van der Waals surface area contributed by atoms with Crippen LogP contribution in [-0.2, 0) is 9.59 Å². The lowest BCUT2D eigenvalue weighted by Crippen LogP contribution is -2.62. The van der Waals surface area contributed by atoms with Crippen molar-refractivity contribution < 1.29 is 19.8 Å². The molecule has 0 aromatic rings. The third-order valence-electron chi connectivity index (χ3n) is 2.73. The van der Waals surface area contributed by atoms with Crippen molar-refractivity contribution in [3.63, 3.8) is 0 Å². The van der Waals surface area contributed by atoms with Crippen LogP contribution in [0.25, 0.3) is 0 Å². The van der Waals surface area contributed by atoms with E-state index in [2.05, 4.69) is 5.32 Å². The minimum Gasteiger partial charge on any atom is -0.480 e. The first kappa shape index (κ1) is 11.9. The van der Waals surface area contributed by atoms with E-state index < -0.39 is 29.6 Å². The highest BCUT2D eigenvalue weighted by atomic mass is 16.4. The standard InChI is InChI=1S/C9H16N2O4/c1-5(12)6(7(13)14)11-8(15)9(10)3-2-4-9/h5-6,12H,2-4,10H2,1H3,(H,11,15)(H,13,14)/t5-,6+/m1/s1. The number of nitrogens with two attached hydrogens (primary N) is 1. The smallest absolute Gasteiger partial charge is 0.328 e. The number of carbonyl (C=O) groups is 2. The molecule has 1 saturated carbocycles. The molecule has 0 bridgehead atoms. The maximum absolute atomic E-state index is 11.6. The van der Waals surface area contributed by atoms with Gasteiger partial charge in [0.2, 0.25) is 5.91 Å². The predicted molar refractivity (Wildman–Crippen MR) is 52.0 cm³/mol. The van der Waals surface area contributed by atoms with Gasteiger partial charge in [-0.1, -0.05) is 0 Å². The van der Waals surface area contributed by atoms with Crippen molar-refractivity contribution in [1.82, 2.24) is 5.32 Å². The number of rotatable bonds is 4. The zero-order valence-corrected chi connectivity index (χ0v) is 8.56. The van der Waals surface area contributed by atoms with Gasteiger partial charge in [0, 0.05) is 0 Å². The molecular formula is C9H16N2O4. The van der Waals surface area contributed by atoms with E-state index in [1.165, 1.54) is 6.92 Å². The van der Waals surface area contributed by atoms with E-state index in [9.17, 15) is 9.59 Å². The molecule has 1 aliphatic carbocycles. The van der Waals surface area contributed by atoms with Gasteiger partial charge in [-0.25, -0.2) is 4.79 Å². The van der Waals surface area contributed by atoms with Crippen LogP contribution in [0.15, 0.2) is 0 Å². The molecular weight excluding hydrogens is 200 g/mol. The molecule has 5 N–H and O–H groups in total. The van der Waals surface area contributed by atoms with E-state index in [0.29, 0.717) is 12.8 Å². The summed E-state index contributed by atoms with van der Waals surface area (Å²) in [5.41, 5.74) is 4.77. The van der Waals surface area contributed by atoms with Crippen molar-refractivity contribution >= 4 is 11.9 Å². The lowest BCUT2D eigenvalue weighted by molar-refractivity contribution is -0.146. The zero-order chi connectivity index (χ0) is 11.6. The molecule has 0 aromatic carbocycles. The molecule has 1 aliphatic rings. The quantitative estimate of drug-likeness (QED) is 0.472. The van der Waals surface area contributed by atoms with Gasteiger partial charge >= 0.3 is 5.97 Å². The second-order valence-electron chi connectivity index (χ2n) is 4.04. The molecule has 15 heavy (non-hydrogen) atoms. The number of carboxylic acid groups (broad SMARTS) is 1. The van der Waals surface area contributed by atoms with Crippen molar-refractivity contribution in [1.29, 1.82) is 0 Å². The predicted octanol–water partition coefficient (Wildman–Crippen LogP) is -1.18. The van der Waals surface area contributed by atoms with Crippen LogP contribution < -0.4 is 11.1 Å². The van der Waals surface area contributed by atoms with Crippen molar-refractivity contribution in [2.24, 2.45) is 5.73 Å². The second kappa shape index (κ2) is 4.16. The van der Waals surface area contributed by atoms with Gasteiger partial charge in [-0.05, 0) is 26.2 Å². The zero-order valence-electron chi connectivity index (χ0n) is 8.56. The van der Waals surface area contributed by atoms with E-state index in [0.717, 1.165) is 6.42 Å². The molecule has 0 radical (unpaired) electrons. The molecule has 0 aliphatic heterocycles. The second-order valence-corrected chi connectivity index (χ2v) is 4.04. The molecule has 0 saturated heterocycles. The Morgan fingerprint density at radius 2 is 2.00 bits per heavy atom. The van der Waals surface area contributed by atoms with Gasteiger partial charge in [0.25, 0.3) is 0 Å². The molecule has 1 amide bonds. The lowest BCUT2D eigenvalue weighted by Gasteiger charge is -2.37. The highest BCUT2D eigenvalue weighted by Gasteiger charge is 2.42. The van der Waals surface area contributed by atoms with Crippen LogP contribution in [0.1, 0.15) is 26.2 Å². The van der Waals surface area contributed by atoms with E-state index in [4.69, 9.17) is 15.9 Å². The summed E-state index contributed by atoms with van der Waals surface area (Å²) in [6, 6.07) is -1.29. The van der Waals surface area contributed by atoms with Gasteiger partial charge < -0.3 is 21.3 Å². The fourth-order valence-corrected chi connectivity index (χ4v) is 1.46. The van der Waals surface area contributed by atoms with Gasteiger partial charge in [0.1, 0.15) is 0 Å². The van der Waals surface area contributed by atoms with E-state index in [1.54, 1.807) is 0 Å². The molecule has 0 aromatic heterocycles. The minimum absolute atomic E-state index is 0.498. The van der Waals surface area contributed by atoms with E-state index >= 15 is 0 Å². The van der Waals surface area contributed by atoms with Crippen LogP contribution >= 0.6 is 0 Å². The summed E-state index contributed by atoms with van der Waals surface area (Å²) in [4.78, 5) is 22.3. The molecule has 2 atom stereocenters. The Kier molecular flexibility index (Phi) is 3.31. The van der Waals surface area contributed by atoms with Gasteiger partial charge in [0.15, 0.2) is 6.04 Å². The molecule has 0 unspecified atom stereocenters. The van der Waals surface area contributed by atoms with Crippen molar-refractivity contribution in [2.45, 2.75) is 43.9 Å². The SMILES string of the molecule is C[C@@H](O)[C@H](NC(=O)C1(N)CCC1)C(=O)O. The van der Waals surface area contributed by atoms with Gasteiger partial charge in [0.05, 0.1) is 11.6 Å². The summed E-state index contributed by atoms with van der Waals surface area (Å²) in [7, 11) is 0. The highest BCUT2D eigenvalue weighted by molar-refractivity contribution is 5.90. The normalized spacial score (nSPS) is 22.3. The van der Waals surface area contributed by atoms with Gasteiger partial charge in [-0.2, -0.15) is 0 Å². The summed E-state index contributed by atoms with van der Waals surface area (Å²) in [6.45, 7) is 1.31. The Morgan fingerprint density at radius 1 is 1.47 bits per heavy atom. The number of aliphatic hydroxyl groups is 1. The Balaban J connectivity index is 2.58. The topological polar surface area (TPSA) is 113 Å². The van der Waals surface area contributed by atoms with Crippen LogP contribution in [0.3, 0.4) is 0 Å². The Labute approximate surface area is 87.5 Å². The number of amides is 1. The van der Waals surface area contributed by atoms with E-state index in [1.807, 2.05) is 0 Å². The number of carbonyl (C=O) groups excluding carboxylic acids is 1. The summed E-state index contributed by atoms with van der Waals surface area (Å²) in [5.74, 6) is -1.76. The third kappa shape index (κ3) is 2.45. The van der Waals surface area contributed by atoms with Crippen LogP contribution in [0.2, 0.25) is 0 Å². The van der Waals surface area contributed by atoms with E-state index in [-0.39, 0.29) is 0 Å². The summed E-state index contributed by atoms with van der Waals surface area (Å²) >= 11 is 0. The number of aliphatic hydroxyl groups excluding tert-OH is 1. The molecule has 1 fully saturated rings. The average molecular weight is 216 g/mol. The minimum atomic E-state index is -1.29. The first-order valence-electron chi connectivity index (χ1n) is 4.87. The fourth-order valence-electron chi connectivity index (χ4n) is 1.46. The molecule has 6 heteroatoms. The molecule has 0 heterocycles. The van der Waals surface area contributed by atoms with Crippen molar-refractivity contribution in [3.8, 4) is 0 Å². The van der Waals surface area contributed by atoms with Crippen molar-refractivity contribution in [2.75, 3.05) is 0 Å². The van der Waals surface area contributed by atoms with Crippen molar-refractivity contribution in [3.05, 3.63) is 0 Å². The molecule has 86 valence electrons. The third-order valence-corrected chi connectivity index (χ3v) is 2.73. The molecule has 6 nitrogen and oxygen atoms in total. The van der Waals surface area contributed by atoms with Crippen LogP contribution in [-0.4, -0.2) is 39.8 Å². The number of hydrogen-bond donors (Lipinski definition) is 4. The van der Waals surface area contributed by atoms with Crippen LogP contribution in [0.5, 0.6) is 0 Å². The molecule has 0 spiro atoms.